The van der Waals surface area contributed by atoms with E-state index in [2.05, 4.69) is 5.32 Å². The van der Waals surface area contributed by atoms with E-state index in [9.17, 15) is 17.6 Å². The minimum atomic E-state index is -3.72. The Morgan fingerprint density at radius 1 is 1.12 bits per heavy atom. The van der Waals surface area contributed by atoms with E-state index in [1.54, 1.807) is 45.0 Å². The van der Waals surface area contributed by atoms with Gasteiger partial charge in [0, 0.05) is 31.9 Å². The first-order valence-corrected chi connectivity index (χ1v) is 12.2. The van der Waals surface area contributed by atoms with E-state index < -0.39 is 10.0 Å². The summed E-state index contributed by atoms with van der Waals surface area (Å²) in [6.45, 7) is 8.32. The number of hydrogen-bond donors (Lipinski definition) is 1. The quantitative estimate of drug-likeness (QED) is 0.651. The highest BCUT2D eigenvalue weighted by Crippen LogP contribution is 2.27. The smallest absolute Gasteiger partial charge is 0.253 e. The predicted molar refractivity (Wildman–Crippen MR) is 122 cm³/mol. The van der Waals surface area contributed by atoms with Crippen molar-refractivity contribution in [3.63, 3.8) is 0 Å². The molecule has 32 heavy (non-hydrogen) atoms. The Hall–Kier alpha value is -2.49. The van der Waals surface area contributed by atoms with Gasteiger partial charge in [0.2, 0.25) is 10.0 Å². The van der Waals surface area contributed by atoms with Crippen LogP contribution in [0.25, 0.3) is 0 Å². The maximum absolute atomic E-state index is 13.3. The van der Waals surface area contributed by atoms with Crippen LogP contribution in [0.1, 0.15) is 42.7 Å². The average Bonchev–Trinajstić information content (AvgIpc) is 2.80. The summed E-state index contributed by atoms with van der Waals surface area (Å²) >= 11 is 0. The standard InChI is InChI=1S/C23H30FN3O4S/c1-4-27(5-2)32(29,30)20-10-11-22(26-12-14-31-15-13-26)21(16-20)23(28)25-17(3)18-6-8-19(24)9-7-18/h6-11,16-17H,4-5,12-15H2,1-3H3,(H,25,28). The van der Waals surface area contributed by atoms with Crippen LogP contribution in [0, 0.1) is 5.82 Å². The van der Waals surface area contributed by atoms with E-state index in [1.165, 1.54) is 22.5 Å². The zero-order valence-corrected chi connectivity index (χ0v) is 19.5. The monoisotopic (exact) mass is 463 g/mol. The van der Waals surface area contributed by atoms with Crippen molar-refractivity contribution in [1.29, 1.82) is 0 Å². The number of hydrogen-bond acceptors (Lipinski definition) is 5. The Balaban J connectivity index is 1.97. The van der Waals surface area contributed by atoms with Crippen molar-refractivity contribution in [2.75, 3.05) is 44.3 Å². The van der Waals surface area contributed by atoms with Gasteiger partial charge < -0.3 is 15.0 Å². The number of carbonyl (C=O) groups is 1. The second-order valence-electron chi connectivity index (χ2n) is 7.61. The topological polar surface area (TPSA) is 79.0 Å². The number of halogens is 1. The van der Waals surface area contributed by atoms with Crippen LogP contribution in [0.15, 0.2) is 47.4 Å². The van der Waals surface area contributed by atoms with Gasteiger partial charge in [0.05, 0.1) is 29.7 Å². The van der Waals surface area contributed by atoms with E-state index in [0.717, 1.165) is 5.56 Å². The van der Waals surface area contributed by atoms with Gasteiger partial charge in [-0.15, -0.1) is 0 Å². The van der Waals surface area contributed by atoms with Crippen molar-refractivity contribution in [2.24, 2.45) is 0 Å². The number of carbonyl (C=O) groups excluding carboxylic acids is 1. The third-order valence-corrected chi connectivity index (χ3v) is 7.67. The Morgan fingerprint density at radius 2 is 1.75 bits per heavy atom. The molecule has 1 heterocycles. The van der Waals surface area contributed by atoms with Crippen LogP contribution in [0.4, 0.5) is 10.1 Å². The first kappa shape index (κ1) is 24.2. The molecule has 3 rings (SSSR count). The Labute approximate surface area is 189 Å². The summed E-state index contributed by atoms with van der Waals surface area (Å²) < 4.78 is 46.1. The van der Waals surface area contributed by atoms with Crippen LogP contribution in [-0.4, -0.2) is 58.0 Å². The molecule has 0 bridgehead atoms. The fourth-order valence-electron chi connectivity index (χ4n) is 3.76. The van der Waals surface area contributed by atoms with Crippen LogP contribution in [0.5, 0.6) is 0 Å². The predicted octanol–water partition coefficient (Wildman–Crippen LogP) is 3.18. The summed E-state index contributed by atoms with van der Waals surface area (Å²) in [5.41, 5.74) is 1.70. The summed E-state index contributed by atoms with van der Waals surface area (Å²) in [4.78, 5) is 15.4. The summed E-state index contributed by atoms with van der Waals surface area (Å²) in [6, 6.07) is 10.2. The highest BCUT2D eigenvalue weighted by atomic mass is 32.2. The van der Waals surface area contributed by atoms with E-state index in [1.807, 2.05) is 4.90 Å². The van der Waals surface area contributed by atoms with Gasteiger partial charge in [-0.05, 0) is 42.8 Å². The molecule has 0 aromatic heterocycles. The molecule has 1 fully saturated rings. The van der Waals surface area contributed by atoms with Crippen molar-refractivity contribution >= 4 is 21.6 Å². The van der Waals surface area contributed by atoms with Gasteiger partial charge >= 0.3 is 0 Å². The van der Waals surface area contributed by atoms with Gasteiger partial charge in [0.25, 0.3) is 5.91 Å². The maximum Gasteiger partial charge on any atom is 0.253 e. The zero-order chi connectivity index (χ0) is 23.3. The zero-order valence-electron chi connectivity index (χ0n) is 18.7. The normalized spacial score (nSPS) is 15.6. The summed E-state index contributed by atoms with van der Waals surface area (Å²) in [5.74, 6) is -0.740. The lowest BCUT2D eigenvalue weighted by atomic mass is 10.1. The molecule has 174 valence electrons. The second-order valence-corrected chi connectivity index (χ2v) is 9.55. The van der Waals surface area contributed by atoms with Gasteiger partial charge in [-0.2, -0.15) is 4.31 Å². The van der Waals surface area contributed by atoms with Gasteiger partial charge in [0.15, 0.2) is 0 Å². The Bertz CT molecular complexity index is 1030. The molecule has 0 aliphatic carbocycles. The molecule has 0 saturated carbocycles. The molecule has 0 radical (unpaired) electrons. The van der Waals surface area contributed by atoms with Crippen LogP contribution < -0.4 is 10.2 Å². The molecule has 0 spiro atoms. The number of nitrogens with one attached hydrogen (secondary N) is 1. The van der Waals surface area contributed by atoms with Crippen LogP contribution in [0.2, 0.25) is 0 Å². The molecule has 1 amide bonds. The van der Waals surface area contributed by atoms with Crippen molar-refractivity contribution < 1.29 is 22.3 Å². The molecule has 1 N–H and O–H groups in total. The van der Waals surface area contributed by atoms with Gasteiger partial charge in [0.1, 0.15) is 5.82 Å². The number of amides is 1. The molecule has 2 aromatic carbocycles. The van der Waals surface area contributed by atoms with E-state index in [-0.39, 0.29) is 28.2 Å². The SMILES string of the molecule is CCN(CC)S(=O)(=O)c1ccc(N2CCOCC2)c(C(=O)NC(C)c2ccc(F)cc2)c1. The van der Waals surface area contributed by atoms with Crippen molar-refractivity contribution in [3.8, 4) is 0 Å². The Morgan fingerprint density at radius 3 is 2.34 bits per heavy atom. The van der Waals surface area contributed by atoms with Crippen LogP contribution in [0.3, 0.4) is 0 Å². The van der Waals surface area contributed by atoms with E-state index in [4.69, 9.17) is 4.74 Å². The van der Waals surface area contributed by atoms with Crippen molar-refractivity contribution in [1.82, 2.24) is 9.62 Å². The highest BCUT2D eigenvalue weighted by Gasteiger charge is 2.26. The number of morpholine rings is 1. The lowest BCUT2D eigenvalue weighted by Crippen LogP contribution is -2.38. The highest BCUT2D eigenvalue weighted by molar-refractivity contribution is 7.89. The largest absolute Gasteiger partial charge is 0.378 e. The molecular formula is C23H30FN3O4S. The third kappa shape index (κ3) is 5.28. The number of ether oxygens (including phenoxy) is 1. The minimum Gasteiger partial charge on any atom is -0.378 e. The number of benzene rings is 2. The van der Waals surface area contributed by atoms with Crippen molar-refractivity contribution in [3.05, 3.63) is 59.4 Å². The number of anilines is 1. The van der Waals surface area contributed by atoms with Crippen LogP contribution in [-0.2, 0) is 14.8 Å². The maximum atomic E-state index is 13.3. The summed E-state index contributed by atoms with van der Waals surface area (Å²) in [6.07, 6.45) is 0. The molecule has 2 aromatic rings. The molecular weight excluding hydrogens is 433 g/mol. The number of sulfonamides is 1. The van der Waals surface area contributed by atoms with Gasteiger partial charge in [-0.3, -0.25) is 4.79 Å². The molecule has 9 heteroatoms. The third-order valence-electron chi connectivity index (χ3n) is 5.63. The number of rotatable bonds is 8. The van der Waals surface area contributed by atoms with Gasteiger partial charge in [-0.1, -0.05) is 26.0 Å². The first-order valence-electron chi connectivity index (χ1n) is 10.8. The first-order chi connectivity index (χ1) is 15.3. The summed E-state index contributed by atoms with van der Waals surface area (Å²) in [7, 11) is -3.72. The van der Waals surface area contributed by atoms with Crippen LogP contribution >= 0.6 is 0 Å². The molecule has 7 nitrogen and oxygen atoms in total. The average molecular weight is 464 g/mol. The summed E-state index contributed by atoms with van der Waals surface area (Å²) in [5, 5.41) is 2.92. The lowest BCUT2D eigenvalue weighted by molar-refractivity contribution is 0.0938. The van der Waals surface area contributed by atoms with Gasteiger partial charge in [-0.25, -0.2) is 12.8 Å². The molecule has 1 unspecified atom stereocenters. The van der Waals surface area contributed by atoms with E-state index >= 15 is 0 Å². The Kier molecular flexibility index (Phi) is 7.86. The van der Waals surface area contributed by atoms with Crippen molar-refractivity contribution in [2.45, 2.75) is 31.7 Å². The minimum absolute atomic E-state index is 0.0813. The molecule has 1 saturated heterocycles. The molecule has 1 aliphatic rings. The van der Waals surface area contributed by atoms with E-state index in [0.29, 0.717) is 45.1 Å². The number of nitrogens with zero attached hydrogens (tertiary/aromatic N) is 2. The fraction of sp³-hybridized carbons (Fsp3) is 0.435. The molecule has 1 aliphatic heterocycles. The second kappa shape index (κ2) is 10.4. The lowest BCUT2D eigenvalue weighted by Gasteiger charge is -2.31. The fourth-order valence-corrected chi connectivity index (χ4v) is 5.24. The molecule has 1 atom stereocenters.